The summed E-state index contributed by atoms with van der Waals surface area (Å²) in [5.41, 5.74) is 0.678. The van der Waals surface area contributed by atoms with Gasteiger partial charge in [0.25, 0.3) is 0 Å². The molecule has 116 valence electrons. The molecule has 7 nitrogen and oxygen atoms in total. The zero-order valence-electron chi connectivity index (χ0n) is 12.0. The van der Waals surface area contributed by atoms with Crippen molar-refractivity contribution >= 4 is 23.3 Å². The van der Waals surface area contributed by atoms with Crippen LogP contribution in [0.3, 0.4) is 0 Å². The first kappa shape index (κ1) is 14.8. The first-order valence-electron chi connectivity index (χ1n) is 7.29. The smallest absolute Gasteiger partial charge is 0.319 e. The molecule has 1 aliphatic rings. The van der Waals surface area contributed by atoms with Gasteiger partial charge in [0.2, 0.25) is 0 Å². The van der Waals surface area contributed by atoms with Gasteiger partial charge in [0.1, 0.15) is 0 Å². The summed E-state index contributed by atoms with van der Waals surface area (Å²) in [5, 5.41) is 17.9. The molecule has 1 aromatic carbocycles. The highest BCUT2D eigenvalue weighted by Crippen LogP contribution is 2.28. The van der Waals surface area contributed by atoms with Crippen LogP contribution in [0.4, 0.5) is 10.5 Å². The van der Waals surface area contributed by atoms with Crippen molar-refractivity contribution < 1.29 is 4.79 Å². The number of carbonyl (C=O) groups excluding carboxylic acids is 1. The second kappa shape index (κ2) is 6.74. The summed E-state index contributed by atoms with van der Waals surface area (Å²) in [5.74, 6) is 0.679. The summed E-state index contributed by atoms with van der Waals surface area (Å²) in [4.78, 5) is 11.9. The van der Waals surface area contributed by atoms with Gasteiger partial charge in [-0.1, -0.05) is 24.4 Å². The van der Waals surface area contributed by atoms with E-state index in [4.69, 9.17) is 11.6 Å². The molecule has 22 heavy (non-hydrogen) atoms. The van der Waals surface area contributed by atoms with E-state index in [9.17, 15) is 4.79 Å². The predicted molar refractivity (Wildman–Crippen MR) is 82.6 cm³/mol. The van der Waals surface area contributed by atoms with Gasteiger partial charge in [-0.2, -0.15) is 0 Å². The van der Waals surface area contributed by atoms with Crippen molar-refractivity contribution in [2.24, 2.45) is 0 Å². The highest BCUT2D eigenvalue weighted by atomic mass is 35.5. The van der Waals surface area contributed by atoms with Gasteiger partial charge in [-0.3, -0.25) is 0 Å². The molecule has 3 rings (SSSR count). The van der Waals surface area contributed by atoms with E-state index in [0.717, 1.165) is 12.8 Å². The zero-order valence-corrected chi connectivity index (χ0v) is 12.8. The SMILES string of the molecule is O=C(NCc1nnnn1C1CCCC1)Nc1ccc(Cl)cc1. The minimum Gasteiger partial charge on any atom is -0.331 e. The molecule has 0 aliphatic heterocycles. The minimum atomic E-state index is -0.303. The van der Waals surface area contributed by atoms with E-state index in [0.29, 0.717) is 29.1 Å². The monoisotopic (exact) mass is 320 g/mol. The highest BCUT2D eigenvalue weighted by molar-refractivity contribution is 6.30. The number of nitrogens with zero attached hydrogens (tertiary/aromatic N) is 4. The molecule has 2 aromatic rings. The number of halogens is 1. The van der Waals surface area contributed by atoms with Gasteiger partial charge in [0, 0.05) is 10.7 Å². The van der Waals surface area contributed by atoms with Crippen LogP contribution in [0, 0.1) is 0 Å². The third kappa shape index (κ3) is 3.54. The average Bonchev–Trinajstić information content (AvgIpc) is 3.18. The van der Waals surface area contributed by atoms with E-state index in [1.54, 1.807) is 24.3 Å². The van der Waals surface area contributed by atoms with Gasteiger partial charge in [-0.15, -0.1) is 5.10 Å². The molecule has 0 atom stereocenters. The highest BCUT2D eigenvalue weighted by Gasteiger charge is 2.21. The van der Waals surface area contributed by atoms with E-state index in [-0.39, 0.29) is 6.03 Å². The number of carbonyl (C=O) groups is 1. The molecule has 8 heteroatoms. The number of aromatic nitrogens is 4. The van der Waals surface area contributed by atoms with Crippen molar-refractivity contribution in [1.29, 1.82) is 0 Å². The van der Waals surface area contributed by atoms with Crippen LogP contribution in [0.5, 0.6) is 0 Å². The summed E-state index contributed by atoms with van der Waals surface area (Å²) >= 11 is 5.80. The zero-order chi connectivity index (χ0) is 15.4. The lowest BCUT2D eigenvalue weighted by molar-refractivity contribution is 0.251. The fourth-order valence-electron chi connectivity index (χ4n) is 2.63. The Morgan fingerprint density at radius 1 is 1.27 bits per heavy atom. The van der Waals surface area contributed by atoms with Crippen LogP contribution in [0.2, 0.25) is 5.02 Å². The number of amides is 2. The summed E-state index contributed by atoms with van der Waals surface area (Å²) in [6.07, 6.45) is 4.59. The number of tetrazole rings is 1. The normalized spacial score (nSPS) is 15.0. The van der Waals surface area contributed by atoms with Gasteiger partial charge in [-0.25, -0.2) is 9.48 Å². The van der Waals surface area contributed by atoms with E-state index in [1.165, 1.54) is 12.8 Å². The molecule has 1 fully saturated rings. The van der Waals surface area contributed by atoms with E-state index in [2.05, 4.69) is 26.2 Å². The van der Waals surface area contributed by atoms with E-state index < -0.39 is 0 Å². The number of hydrogen-bond donors (Lipinski definition) is 2. The second-order valence-corrected chi connectivity index (χ2v) is 5.73. The van der Waals surface area contributed by atoms with Crippen LogP contribution < -0.4 is 10.6 Å². The molecule has 0 spiro atoms. The van der Waals surface area contributed by atoms with Crippen LogP contribution in [-0.4, -0.2) is 26.2 Å². The molecule has 1 aromatic heterocycles. The Bertz CT molecular complexity index is 635. The van der Waals surface area contributed by atoms with Gasteiger partial charge in [0.15, 0.2) is 5.82 Å². The number of rotatable bonds is 4. The summed E-state index contributed by atoms with van der Waals surface area (Å²) in [7, 11) is 0. The molecule has 1 heterocycles. The van der Waals surface area contributed by atoms with Crippen molar-refractivity contribution in [2.45, 2.75) is 38.3 Å². The van der Waals surface area contributed by atoms with Gasteiger partial charge >= 0.3 is 6.03 Å². The Morgan fingerprint density at radius 2 is 2.00 bits per heavy atom. The lowest BCUT2D eigenvalue weighted by Gasteiger charge is -2.12. The summed E-state index contributed by atoms with van der Waals surface area (Å²) in [6, 6.07) is 6.97. The predicted octanol–water partition coefficient (Wildman–Crippen LogP) is 2.76. The molecule has 1 aliphatic carbocycles. The standard InChI is InChI=1S/C14H17ClN6O/c15-10-5-7-11(8-6-10)17-14(22)16-9-13-18-19-20-21(13)12-3-1-2-4-12/h5-8,12H,1-4,9H2,(H2,16,17,22). The molecule has 0 bridgehead atoms. The van der Waals surface area contributed by atoms with Gasteiger partial charge in [-0.05, 0) is 47.5 Å². The molecule has 0 radical (unpaired) electrons. The lowest BCUT2D eigenvalue weighted by Crippen LogP contribution is -2.30. The molecule has 0 unspecified atom stereocenters. The molecule has 2 amide bonds. The Balaban J connectivity index is 1.55. The first-order valence-corrected chi connectivity index (χ1v) is 7.67. The largest absolute Gasteiger partial charge is 0.331 e. The summed E-state index contributed by atoms with van der Waals surface area (Å²) in [6.45, 7) is 0.295. The molecule has 1 saturated carbocycles. The molecular weight excluding hydrogens is 304 g/mol. The topological polar surface area (TPSA) is 84.7 Å². The number of nitrogens with one attached hydrogen (secondary N) is 2. The van der Waals surface area contributed by atoms with E-state index in [1.807, 2.05) is 4.68 Å². The third-order valence-electron chi connectivity index (χ3n) is 3.74. The maximum absolute atomic E-state index is 11.9. The van der Waals surface area contributed by atoms with Crippen molar-refractivity contribution in [3.63, 3.8) is 0 Å². The minimum absolute atomic E-state index is 0.295. The second-order valence-electron chi connectivity index (χ2n) is 5.29. The number of hydrogen-bond acceptors (Lipinski definition) is 4. The van der Waals surface area contributed by atoms with Crippen molar-refractivity contribution in [2.75, 3.05) is 5.32 Å². The van der Waals surface area contributed by atoms with Crippen molar-refractivity contribution in [1.82, 2.24) is 25.5 Å². The lowest BCUT2D eigenvalue weighted by atomic mass is 10.2. The van der Waals surface area contributed by atoms with Crippen molar-refractivity contribution in [3.8, 4) is 0 Å². The van der Waals surface area contributed by atoms with Crippen molar-refractivity contribution in [3.05, 3.63) is 35.1 Å². The third-order valence-corrected chi connectivity index (χ3v) is 3.99. The van der Waals surface area contributed by atoms with Crippen LogP contribution in [0.1, 0.15) is 37.5 Å². The fourth-order valence-corrected chi connectivity index (χ4v) is 2.75. The maximum Gasteiger partial charge on any atom is 0.319 e. The fraction of sp³-hybridized carbons (Fsp3) is 0.429. The quantitative estimate of drug-likeness (QED) is 0.907. The van der Waals surface area contributed by atoms with Crippen LogP contribution in [0.15, 0.2) is 24.3 Å². The maximum atomic E-state index is 11.9. The van der Waals surface area contributed by atoms with Gasteiger partial charge < -0.3 is 10.6 Å². The van der Waals surface area contributed by atoms with Crippen LogP contribution in [-0.2, 0) is 6.54 Å². The first-order chi connectivity index (χ1) is 10.7. The summed E-state index contributed by atoms with van der Waals surface area (Å²) < 4.78 is 1.83. The molecule has 2 N–H and O–H groups in total. The number of urea groups is 1. The Hall–Kier alpha value is -2.15. The van der Waals surface area contributed by atoms with E-state index >= 15 is 0 Å². The Labute approximate surface area is 133 Å². The van der Waals surface area contributed by atoms with Crippen LogP contribution >= 0.6 is 11.6 Å². The number of benzene rings is 1. The Morgan fingerprint density at radius 3 is 2.73 bits per heavy atom. The van der Waals surface area contributed by atoms with Crippen LogP contribution in [0.25, 0.3) is 0 Å². The number of anilines is 1. The average molecular weight is 321 g/mol. The van der Waals surface area contributed by atoms with Gasteiger partial charge in [0.05, 0.1) is 12.6 Å². The molecular formula is C14H17ClN6O. The molecule has 0 saturated heterocycles. The Kier molecular flexibility index (Phi) is 4.53.